The van der Waals surface area contributed by atoms with E-state index in [9.17, 15) is 18.0 Å². The first kappa shape index (κ1) is 18.2. The molecule has 1 aromatic carbocycles. The number of para-hydroxylation sites is 1. The third-order valence-corrected chi connectivity index (χ3v) is 4.64. The smallest absolute Gasteiger partial charge is 0.451 e. The van der Waals surface area contributed by atoms with Crippen LogP contribution in [0.3, 0.4) is 0 Å². The van der Waals surface area contributed by atoms with Crippen molar-refractivity contribution in [2.75, 3.05) is 7.11 Å². The Balaban J connectivity index is 1.97. The molecule has 3 rings (SSSR count). The summed E-state index contributed by atoms with van der Waals surface area (Å²) in [4.78, 5) is 18.7. The molecule has 26 heavy (non-hydrogen) atoms. The molecule has 0 aliphatic carbocycles. The maximum Gasteiger partial charge on any atom is 0.451 e. The Hall–Kier alpha value is -2.55. The lowest BCUT2D eigenvalue weighted by molar-refractivity contribution is -0.145. The maximum absolute atomic E-state index is 13.1. The Bertz CT molecular complexity index is 956. The van der Waals surface area contributed by atoms with E-state index in [1.807, 2.05) is 0 Å². The molecule has 136 valence electrons. The molecule has 5 nitrogen and oxygen atoms in total. The second kappa shape index (κ2) is 6.99. The molecule has 0 spiro atoms. The number of aromatic nitrogens is 2. The van der Waals surface area contributed by atoms with Gasteiger partial charge in [0.15, 0.2) is 0 Å². The highest BCUT2D eigenvalue weighted by Crippen LogP contribution is 2.39. The van der Waals surface area contributed by atoms with Gasteiger partial charge in [0.2, 0.25) is 11.6 Å². The van der Waals surface area contributed by atoms with Gasteiger partial charge in [-0.05, 0) is 25.1 Å². The fraction of sp³-hybridized carbons (Fsp3) is 0.235. The Morgan fingerprint density at radius 2 is 1.92 bits per heavy atom. The zero-order valence-electron chi connectivity index (χ0n) is 13.7. The van der Waals surface area contributed by atoms with Gasteiger partial charge in [-0.1, -0.05) is 30.0 Å². The number of nitrogens with zero attached hydrogens (tertiary/aromatic N) is 2. The van der Waals surface area contributed by atoms with Crippen molar-refractivity contribution in [2.45, 2.75) is 23.4 Å². The summed E-state index contributed by atoms with van der Waals surface area (Å²) in [6.45, 7) is 1.74. The van der Waals surface area contributed by atoms with E-state index in [2.05, 4.69) is 14.7 Å². The van der Waals surface area contributed by atoms with Gasteiger partial charge >= 0.3 is 12.1 Å². The molecule has 2 heterocycles. The molecule has 0 N–H and O–H groups in total. The van der Waals surface area contributed by atoms with E-state index in [0.29, 0.717) is 11.1 Å². The number of thioether (sulfide) groups is 1. The first-order chi connectivity index (χ1) is 12.3. The van der Waals surface area contributed by atoms with Crippen LogP contribution in [-0.2, 0) is 10.9 Å². The van der Waals surface area contributed by atoms with Crippen LogP contribution in [0, 0.1) is 0 Å². The highest BCUT2D eigenvalue weighted by Gasteiger charge is 2.35. The molecular weight excluding hydrogens is 369 g/mol. The van der Waals surface area contributed by atoms with Gasteiger partial charge in [0.05, 0.1) is 17.9 Å². The normalized spacial score (nSPS) is 13.0. The molecule has 0 amide bonds. The van der Waals surface area contributed by atoms with Gasteiger partial charge < -0.3 is 9.15 Å². The van der Waals surface area contributed by atoms with Crippen LogP contribution in [0.1, 0.15) is 34.3 Å². The van der Waals surface area contributed by atoms with E-state index < -0.39 is 18.0 Å². The fourth-order valence-electron chi connectivity index (χ4n) is 2.27. The highest BCUT2D eigenvalue weighted by molar-refractivity contribution is 7.99. The number of carbonyl (C=O) groups is 1. The summed E-state index contributed by atoms with van der Waals surface area (Å²) in [6.07, 6.45) is -4.65. The first-order valence-corrected chi connectivity index (χ1v) is 8.36. The minimum atomic E-state index is -4.65. The lowest BCUT2D eigenvalue weighted by Gasteiger charge is -2.13. The van der Waals surface area contributed by atoms with E-state index in [1.54, 1.807) is 31.2 Å². The molecule has 9 heteroatoms. The van der Waals surface area contributed by atoms with E-state index in [1.165, 1.54) is 19.2 Å². The molecule has 0 fully saturated rings. The predicted molar refractivity (Wildman–Crippen MR) is 88.9 cm³/mol. The molecule has 0 bridgehead atoms. The largest absolute Gasteiger partial charge is 0.463 e. The number of esters is 1. The van der Waals surface area contributed by atoms with Crippen molar-refractivity contribution in [3.63, 3.8) is 0 Å². The maximum atomic E-state index is 13.1. The van der Waals surface area contributed by atoms with Crippen LogP contribution in [-0.4, -0.2) is 23.0 Å². The first-order valence-electron chi connectivity index (χ1n) is 7.48. The van der Waals surface area contributed by atoms with Gasteiger partial charge in [-0.2, -0.15) is 13.2 Å². The van der Waals surface area contributed by atoms with Crippen molar-refractivity contribution in [1.82, 2.24) is 9.97 Å². The molecule has 0 unspecified atom stereocenters. The Labute approximate surface area is 150 Å². The molecule has 0 saturated heterocycles. The molecule has 0 aliphatic heterocycles. The van der Waals surface area contributed by atoms with Crippen LogP contribution in [0.15, 0.2) is 45.8 Å². The van der Waals surface area contributed by atoms with Crippen LogP contribution >= 0.6 is 11.8 Å². The average Bonchev–Trinajstić information content (AvgIpc) is 3.10. The standard InChI is InChI=1S/C17H13F3N2O3S/c1-9(12-7-8-13(25-12)15(23)24-2)26-14-10-5-3-4-6-11(10)21-16(22-14)17(18,19)20/h3-9H,1-2H3/t9-/m0/s1. The number of methoxy groups -OCH3 is 1. The van der Waals surface area contributed by atoms with Crippen molar-refractivity contribution in [3.8, 4) is 0 Å². The van der Waals surface area contributed by atoms with Gasteiger partial charge in [0.1, 0.15) is 10.8 Å². The van der Waals surface area contributed by atoms with Gasteiger partial charge in [0, 0.05) is 5.39 Å². The number of benzene rings is 1. The zero-order chi connectivity index (χ0) is 18.9. The number of furan rings is 1. The molecule has 1 atom stereocenters. The van der Waals surface area contributed by atoms with Crippen molar-refractivity contribution in [3.05, 3.63) is 53.7 Å². The van der Waals surface area contributed by atoms with Gasteiger partial charge in [-0.3, -0.25) is 0 Å². The van der Waals surface area contributed by atoms with Crippen LogP contribution < -0.4 is 0 Å². The molecular formula is C17H13F3N2O3S. The van der Waals surface area contributed by atoms with Crippen LogP contribution in [0.25, 0.3) is 10.9 Å². The Morgan fingerprint density at radius 3 is 2.62 bits per heavy atom. The topological polar surface area (TPSA) is 65.2 Å². The van der Waals surface area contributed by atoms with E-state index >= 15 is 0 Å². The van der Waals surface area contributed by atoms with Crippen molar-refractivity contribution in [2.24, 2.45) is 0 Å². The van der Waals surface area contributed by atoms with Crippen LogP contribution in [0.4, 0.5) is 13.2 Å². The van der Waals surface area contributed by atoms with Crippen LogP contribution in [0.2, 0.25) is 0 Å². The third kappa shape index (κ3) is 3.67. The number of alkyl halides is 3. The molecule has 3 aromatic rings. The summed E-state index contributed by atoms with van der Waals surface area (Å²) in [5.41, 5.74) is 0.208. The number of halogens is 3. The molecule has 0 saturated carbocycles. The van der Waals surface area contributed by atoms with Crippen molar-refractivity contribution < 1.29 is 27.1 Å². The molecule has 2 aromatic heterocycles. The number of fused-ring (bicyclic) bond motifs is 1. The summed E-state index contributed by atoms with van der Waals surface area (Å²) in [5.74, 6) is -1.37. The quantitative estimate of drug-likeness (QED) is 0.364. The van der Waals surface area contributed by atoms with Gasteiger partial charge in [-0.15, -0.1) is 0 Å². The van der Waals surface area contributed by atoms with Crippen molar-refractivity contribution >= 4 is 28.6 Å². The van der Waals surface area contributed by atoms with E-state index in [-0.39, 0.29) is 21.6 Å². The number of ether oxygens (including phenoxy) is 1. The number of carbonyl (C=O) groups excluding carboxylic acids is 1. The summed E-state index contributed by atoms with van der Waals surface area (Å²) in [6, 6.07) is 9.52. The molecule has 0 radical (unpaired) electrons. The van der Waals surface area contributed by atoms with E-state index in [0.717, 1.165) is 11.8 Å². The average molecular weight is 382 g/mol. The zero-order valence-corrected chi connectivity index (χ0v) is 14.5. The van der Waals surface area contributed by atoms with E-state index in [4.69, 9.17) is 4.42 Å². The lowest BCUT2D eigenvalue weighted by atomic mass is 10.2. The summed E-state index contributed by atoms with van der Waals surface area (Å²) < 4.78 is 49.2. The monoisotopic (exact) mass is 382 g/mol. The summed E-state index contributed by atoms with van der Waals surface area (Å²) in [7, 11) is 1.23. The predicted octanol–water partition coefficient (Wildman–Crippen LogP) is 4.88. The second-order valence-electron chi connectivity index (χ2n) is 5.32. The van der Waals surface area contributed by atoms with Crippen molar-refractivity contribution in [1.29, 1.82) is 0 Å². The Morgan fingerprint density at radius 1 is 1.19 bits per heavy atom. The van der Waals surface area contributed by atoms with Gasteiger partial charge in [-0.25, -0.2) is 14.8 Å². The number of hydrogen-bond acceptors (Lipinski definition) is 6. The minimum Gasteiger partial charge on any atom is -0.463 e. The highest BCUT2D eigenvalue weighted by atomic mass is 32.2. The second-order valence-corrected chi connectivity index (χ2v) is 6.65. The Kier molecular flexibility index (Phi) is 4.90. The third-order valence-electron chi connectivity index (χ3n) is 3.52. The number of hydrogen-bond donors (Lipinski definition) is 0. The van der Waals surface area contributed by atoms with Crippen LogP contribution in [0.5, 0.6) is 0 Å². The fourth-order valence-corrected chi connectivity index (χ4v) is 3.29. The summed E-state index contributed by atoms with van der Waals surface area (Å²) >= 11 is 1.09. The lowest BCUT2D eigenvalue weighted by Crippen LogP contribution is -2.12. The SMILES string of the molecule is COC(=O)c1ccc([C@H](C)Sc2nc(C(F)(F)F)nc3ccccc23)o1. The minimum absolute atomic E-state index is 0.0264. The summed E-state index contributed by atoms with van der Waals surface area (Å²) in [5, 5.41) is 0.316. The molecule has 0 aliphatic rings. The van der Waals surface area contributed by atoms with Gasteiger partial charge in [0.25, 0.3) is 0 Å². The number of rotatable bonds is 4.